The van der Waals surface area contributed by atoms with Gasteiger partial charge in [0.25, 0.3) is 0 Å². The van der Waals surface area contributed by atoms with Crippen LogP contribution in [0.5, 0.6) is 0 Å². The average molecular weight is 508 g/mol. The molecule has 11 N–H and O–H groups in total. The second-order valence-corrected chi connectivity index (χ2v) is 8.03. The lowest BCUT2D eigenvalue weighted by Crippen LogP contribution is -2.59. The number of H-pyrrole nitrogens is 2. The molecule has 0 aliphatic rings. The molecular formula is C20H29N9O7. The zero-order valence-corrected chi connectivity index (χ0v) is 19.3. The number of carbonyl (C=O) groups is 5. The van der Waals surface area contributed by atoms with Crippen LogP contribution < -0.4 is 27.4 Å². The van der Waals surface area contributed by atoms with Crippen LogP contribution in [0.2, 0.25) is 0 Å². The molecule has 2 heterocycles. The van der Waals surface area contributed by atoms with Crippen LogP contribution in [0.15, 0.2) is 25.0 Å². The lowest BCUT2D eigenvalue weighted by molar-refractivity contribution is -0.145. The van der Waals surface area contributed by atoms with Gasteiger partial charge in [-0.25, -0.2) is 14.8 Å². The first-order valence-corrected chi connectivity index (χ1v) is 10.8. The summed E-state index contributed by atoms with van der Waals surface area (Å²) < 4.78 is 0. The number of aromatic amines is 2. The molecule has 2 aromatic rings. The largest absolute Gasteiger partial charge is 0.480 e. The molecule has 0 aliphatic carbocycles. The van der Waals surface area contributed by atoms with Crippen LogP contribution in [-0.2, 0) is 36.8 Å². The van der Waals surface area contributed by atoms with Gasteiger partial charge in [-0.2, -0.15) is 0 Å². The first kappa shape index (κ1) is 27.9. The number of aromatic nitrogens is 4. The minimum absolute atomic E-state index is 0.0670. The summed E-state index contributed by atoms with van der Waals surface area (Å²) in [6.07, 6.45) is 3.47. The molecule has 0 radical (unpaired) electrons. The summed E-state index contributed by atoms with van der Waals surface area (Å²) in [5.41, 5.74) is 12.1. The Morgan fingerprint density at radius 2 is 1.44 bits per heavy atom. The van der Waals surface area contributed by atoms with Gasteiger partial charge in [0.05, 0.1) is 31.2 Å². The zero-order valence-electron chi connectivity index (χ0n) is 19.3. The van der Waals surface area contributed by atoms with Crippen LogP contribution in [0, 0.1) is 0 Å². The van der Waals surface area contributed by atoms with Gasteiger partial charge in [-0.1, -0.05) is 0 Å². The predicted molar refractivity (Wildman–Crippen MR) is 121 cm³/mol. The summed E-state index contributed by atoms with van der Waals surface area (Å²) in [6, 6.07) is -5.60. The van der Waals surface area contributed by atoms with E-state index < -0.39 is 66.3 Å². The maximum Gasteiger partial charge on any atom is 0.328 e. The van der Waals surface area contributed by atoms with Gasteiger partial charge in [0.2, 0.25) is 23.6 Å². The Morgan fingerprint density at radius 3 is 1.92 bits per heavy atom. The van der Waals surface area contributed by atoms with Gasteiger partial charge in [-0.05, 0) is 6.92 Å². The van der Waals surface area contributed by atoms with Crippen molar-refractivity contribution < 1.29 is 34.2 Å². The van der Waals surface area contributed by atoms with Crippen molar-refractivity contribution in [2.45, 2.75) is 56.5 Å². The van der Waals surface area contributed by atoms with Crippen LogP contribution in [-0.4, -0.2) is 90.0 Å². The van der Waals surface area contributed by atoms with Gasteiger partial charge in [0.15, 0.2) is 6.04 Å². The molecule has 16 nitrogen and oxygen atoms in total. The van der Waals surface area contributed by atoms with E-state index in [9.17, 15) is 34.2 Å². The Labute approximate surface area is 204 Å². The van der Waals surface area contributed by atoms with Crippen molar-refractivity contribution in [1.82, 2.24) is 35.9 Å². The van der Waals surface area contributed by atoms with Crippen molar-refractivity contribution in [2.24, 2.45) is 11.5 Å². The lowest BCUT2D eigenvalue weighted by atomic mass is 10.1. The molecule has 2 rings (SSSR count). The van der Waals surface area contributed by atoms with Gasteiger partial charge in [0.1, 0.15) is 12.1 Å². The number of imidazole rings is 2. The van der Waals surface area contributed by atoms with Crippen molar-refractivity contribution in [3.8, 4) is 0 Å². The van der Waals surface area contributed by atoms with Gasteiger partial charge in [0, 0.05) is 36.6 Å². The third-order valence-electron chi connectivity index (χ3n) is 5.03. The molecule has 196 valence electrons. The highest BCUT2D eigenvalue weighted by atomic mass is 16.4. The zero-order chi connectivity index (χ0) is 26.8. The normalized spacial score (nSPS) is 15.1. The summed E-state index contributed by atoms with van der Waals surface area (Å²) >= 11 is 0. The molecule has 0 fully saturated rings. The summed E-state index contributed by atoms with van der Waals surface area (Å²) in [5.74, 6) is -5.05. The second-order valence-electron chi connectivity index (χ2n) is 8.03. The van der Waals surface area contributed by atoms with E-state index in [1.807, 2.05) is 0 Å². The third kappa shape index (κ3) is 8.48. The number of rotatable bonds is 14. The molecule has 5 unspecified atom stereocenters. The number of hydrogen-bond donors (Lipinski definition) is 9. The number of aliphatic carboxylic acids is 1. The molecule has 4 amide bonds. The number of carboxylic acid groups (broad SMARTS) is 1. The molecule has 0 bridgehead atoms. The fourth-order valence-corrected chi connectivity index (χ4v) is 3.16. The number of nitrogens with two attached hydrogens (primary N) is 2. The molecule has 0 aliphatic heterocycles. The summed E-state index contributed by atoms with van der Waals surface area (Å²) in [5, 5.41) is 25.8. The van der Waals surface area contributed by atoms with Crippen LogP contribution in [0.3, 0.4) is 0 Å². The first-order valence-electron chi connectivity index (χ1n) is 10.8. The molecule has 0 aromatic carbocycles. The summed E-state index contributed by atoms with van der Waals surface area (Å²) in [4.78, 5) is 74.5. The number of nitrogens with zero attached hydrogens (tertiary/aromatic N) is 2. The average Bonchev–Trinajstić information content (AvgIpc) is 3.49. The highest BCUT2D eigenvalue weighted by Crippen LogP contribution is 2.04. The highest BCUT2D eigenvalue weighted by Gasteiger charge is 2.32. The minimum Gasteiger partial charge on any atom is -0.480 e. The molecule has 5 atom stereocenters. The number of aliphatic hydroxyl groups excluding tert-OH is 1. The molecule has 36 heavy (non-hydrogen) atoms. The Morgan fingerprint density at radius 1 is 0.917 bits per heavy atom. The van der Waals surface area contributed by atoms with E-state index in [1.54, 1.807) is 0 Å². The van der Waals surface area contributed by atoms with Crippen molar-refractivity contribution in [1.29, 1.82) is 0 Å². The van der Waals surface area contributed by atoms with Gasteiger partial charge in [-0.3, -0.25) is 19.2 Å². The number of nitrogens with one attached hydrogen (secondary N) is 5. The van der Waals surface area contributed by atoms with Gasteiger partial charge in [-0.15, -0.1) is 0 Å². The monoisotopic (exact) mass is 507 g/mol. The topological polar surface area (TPSA) is 271 Å². The van der Waals surface area contributed by atoms with Crippen LogP contribution in [0.4, 0.5) is 0 Å². The number of aliphatic hydroxyl groups is 1. The van der Waals surface area contributed by atoms with E-state index >= 15 is 0 Å². The third-order valence-corrected chi connectivity index (χ3v) is 5.03. The molecule has 2 aromatic heterocycles. The van der Waals surface area contributed by atoms with E-state index in [2.05, 4.69) is 35.9 Å². The van der Waals surface area contributed by atoms with Crippen molar-refractivity contribution in [3.63, 3.8) is 0 Å². The van der Waals surface area contributed by atoms with E-state index in [0.717, 1.165) is 0 Å². The smallest absolute Gasteiger partial charge is 0.328 e. The molecule has 0 saturated carbocycles. The Kier molecular flexibility index (Phi) is 10.1. The second kappa shape index (κ2) is 13.0. The molecule has 0 saturated heterocycles. The number of carbonyl (C=O) groups excluding carboxylic acids is 4. The number of carboxylic acids is 1. The molecule has 0 spiro atoms. The highest BCUT2D eigenvalue weighted by molar-refractivity contribution is 5.96. The van der Waals surface area contributed by atoms with Crippen molar-refractivity contribution in [2.75, 3.05) is 0 Å². The van der Waals surface area contributed by atoms with Crippen LogP contribution in [0.1, 0.15) is 24.7 Å². The minimum atomic E-state index is -1.65. The molecular weight excluding hydrogens is 478 g/mol. The number of hydrogen-bond acceptors (Lipinski definition) is 9. The Hall–Kier alpha value is -4.31. The number of amides is 4. The Bertz CT molecular complexity index is 1040. The summed E-state index contributed by atoms with van der Waals surface area (Å²) in [6.45, 7) is 1.17. The Balaban J connectivity index is 2.17. The lowest BCUT2D eigenvalue weighted by Gasteiger charge is -2.25. The van der Waals surface area contributed by atoms with Crippen molar-refractivity contribution >= 4 is 29.6 Å². The summed E-state index contributed by atoms with van der Waals surface area (Å²) in [7, 11) is 0. The van der Waals surface area contributed by atoms with E-state index in [1.165, 1.54) is 32.0 Å². The first-order chi connectivity index (χ1) is 17.0. The van der Waals surface area contributed by atoms with Crippen molar-refractivity contribution in [3.05, 3.63) is 36.4 Å². The fraction of sp³-hybridized carbons (Fsp3) is 0.450. The van der Waals surface area contributed by atoms with Gasteiger partial charge >= 0.3 is 5.97 Å². The standard InChI is InChI=1S/C20H29N9O7/c1-9(30)16(20(35)36)29-19(34)13(3-11-6-24-8-26-11)28-18(33)14(4-15(22)31)27-17(32)12(21)2-10-5-23-7-25-10/h5-9,12-14,16,30H,2-4,21H2,1H3,(H2,22,31)(H,23,25)(H,24,26)(H,27,32)(H,28,33)(H,29,34)(H,35,36). The fourth-order valence-electron chi connectivity index (χ4n) is 3.16. The van der Waals surface area contributed by atoms with E-state index in [4.69, 9.17) is 11.5 Å². The number of primary amides is 1. The predicted octanol–water partition coefficient (Wildman–Crippen LogP) is -3.96. The van der Waals surface area contributed by atoms with Gasteiger partial charge < -0.3 is 47.6 Å². The SMILES string of the molecule is CC(O)C(NC(=O)C(Cc1cnc[nH]1)NC(=O)C(CC(N)=O)NC(=O)C(N)Cc1cnc[nH]1)C(=O)O. The maximum atomic E-state index is 13.0. The molecule has 16 heteroatoms. The maximum absolute atomic E-state index is 13.0. The van der Waals surface area contributed by atoms with Crippen LogP contribution in [0.25, 0.3) is 0 Å². The quantitative estimate of drug-likeness (QED) is 0.120. The van der Waals surface area contributed by atoms with E-state index in [-0.39, 0.29) is 12.8 Å². The van der Waals surface area contributed by atoms with E-state index in [0.29, 0.717) is 11.4 Å². The van der Waals surface area contributed by atoms with Crippen LogP contribution >= 0.6 is 0 Å².